The van der Waals surface area contributed by atoms with Crippen molar-refractivity contribution in [2.24, 2.45) is 0 Å². The first-order valence-electron chi connectivity index (χ1n) is 6.07. The van der Waals surface area contributed by atoms with Crippen molar-refractivity contribution in [1.82, 2.24) is 19.8 Å². The van der Waals surface area contributed by atoms with Crippen molar-refractivity contribution in [2.45, 2.75) is 0 Å². The lowest BCUT2D eigenvalue weighted by Gasteiger charge is -2.26. The van der Waals surface area contributed by atoms with E-state index in [1.165, 1.54) is 4.31 Å². The lowest BCUT2D eigenvalue weighted by molar-refractivity contribution is 0.362. The molecule has 19 heavy (non-hydrogen) atoms. The summed E-state index contributed by atoms with van der Waals surface area (Å²) in [5, 5.41) is 10.7. The Morgan fingerprint density at radius 2 is 2.05 bits per heavy atom. The monoisotopic (exact) mass is 281 g/mol. The highest BCUT2D eigenvalue weighted by molar-refractivity contribution is 7.90. The van der Waals surface area contributed by atoms with Crippen LogP contribution >= 0.6 is 0 Å². The van der Waals surface area contributed by atoms with Crippen LogP contribution in [0.5, 0.6) is 0 Å². The highest BCUT2D eigenvalue weighted by atomic mass is 32.2. The molecule has 1 saturated heterocycles. The third-order valence-electron chi connectivity index (χ3n) is 3.13. The number of rotatable bonds is 3. The van der Waals surface area contributed by atoms with Crippen molar-refractivity contribution in [3.8, 4) is 0 Å². The molecule has 1 aliphatic rings. The van der Waals surface area contributed by atoms with Crippen LogP contribution < -0.4 is 10.0 Å². The van der Waals surface area contributed by atoms with Gasteiger partial charge >= 0.3 is 10.2 Å². The number of hydrogen-bond donors (Lipinski definition) is 3. The molecular weight excluding hydrogens is 266 g/mol. The maximum atomic E-state index is 12.3. The minimum Gasteiger partial charge on any atom is -0.314 e. The summed E-state index contributed by atoms with van der Waals surface area (Å²) in [5.74, 6) is 0. The van der Waals surface area contributed by atoms with Crippen LogP contribution in [0.3, 0.4) is 0 Å². The standard InChI is InChI=1S/C11H15N5O2S/c17-19(18,16-6-4-12-5-7-16)15-10-3-1-2-9-8-13-14-11(9)10/h1-3,8,12,15H,4-7H2,(H,13,14). The summed E-state index contributed by atoms with van der Waals surface area (Å²) in [7, 11) is -3.51. The highest BCUT2D eigenvalue weighted by Crippen LogP contribution is 2.22. The fraction of sp³-hybridized carbons (Fsp3) is 0.364. The highest BCUT2D eigenvalue weighted by Gasteiger charge is 2.24. The Morgan fingerprint density at radius 3 is 2.84 bits per heavy atom. The van der Waals surface area contributed by atoms with Crippen LogP contribution in [0, 0.1) is 0 Å². The van der Waals surface area contributed by atoms with E-state index >= 15 is 0 Å². The quantitative estimate of drug-likeness (QED) is 0.745. The van der Waals surface area contributed by atoms with Gasteiger partial charge in [0.25, 0.3) is 0 Å². The van der Waals surface area contributed by atoms with E-state index in [0.29, 0.717) is 37.4 Å². The second-order valence-corrected chi connectivity index (χ2v) is 6.07. The number of anilines is 1. The van der Waals surface area contributed by atoms with Crippen molar-refractivity contribution in [3.63, 3.8) is 0 Å². The van der Waals surface area contributed by atoms with Gasteiger partial charge in [0, 0.05) is 31.6 Å². The topological polar surface area (TPSA) is 90.1 Å². The van der Waals surface area contributed by atoms with Crippen LogP contribution in [0.25, 0.3) is 10.9 Å². The molecule has 0 amide bonds. The summed E-state index contributed by atoms with van der Waals surface area (Å²) >= 11 is 0. The summed E-state index contributed by atoms with van der Waals surface area (Å²) in [6.45, 7) is 2.31. The number of aromatic amines is 1. The zero-order valence-electron chi connectivity index (χ0n) is 10.3. The molecule has 2 aromatic rings. The molecule has 0 aliphatic carbocycles. The summed E-state index contributed by atoms with van der Waals surface area (Å²) in [4.78, 5) is 0. The largest absolute Gasteiger partial charge is 0.314 e. The normalized spacial score (nSPS) is 17.7. The second-order valence-electron chi connectivity index (χ2n) is 4.40. The molecular formula is C11H15N5O2S. The average Bonchev–Trinajstić information content (AvgIpc) is 2.89. The molecule has 0 radical (unpaired) electrons. The van der Waals surface area contributed by atoms with Crippen LogP contribution in [-0.2, 0) is 10.2 Å². The Balaban J connectivity index is 1.89. The third-order valence-corrected chi connectivity index (χ3v) is 4.65. The van der Waals surface area contributed by atoms with E-state index in [1.807, 2.05) is 6.07 Å². The molecule has 0 atom stereocenters. The molecule has 1 aromatic carbocycles. The first-order valence-corrected chi connectivity index (χ1v) is 7.51. The molecule has 0 spiro atoms. The molecule has 1 aromatic heterocycles. The molecule has 2 heterocycles. The van der Waals surface area contributed by atoms with Gasteiger partial charge in [0.2, 0.25) is 0 Å². The molecule has 0 unspecified atom stereocenters. The second kappa shape index (κ2) is 4.80. The zero-order valence-corrected chi connectivity index (χ0v) is 11.1. The van der Waals surface area contributed by atoms with Gasteiger partial charge < -0.3 is 5.32 Å². The molecule has 3 N–H and O–H groups in total. The Bertz CT molecular complexity index is 675. The van der Waals surface area contributed by atoms with Crippen molar-refractivity contribution >= 4 is 26.8 Å². The van der Waals surface area contributed by atoms with Gasteiger partial charge in [0.1, 0.15) is 0 Å². The van der Waals surface area contributed by atoms with Gasteiger partial charge in [-0.05, 0) is 6.07 Å². The molecule has 0 bridgehead atoms. The number of piperazine rings is 1. The average molecular weight is 281 g/mol. The van der Waals surface area contributed by atoms with Crippen molar-refractivity contribution in [1.29, 1.82) is 0 Å². The maximum absolute atomic E-state index is 12.3. The van der Waals surface area contributed by atoms with Gasteiger partial charge in [-0.15, -0.1) is 0 Å². The minimum absolute atomic E-state index is 0.480. The zero-order chi connectivity index (χ0) is 13.3. The van der Waals surface area contributed by atoms with Gasteiger partial charge in [0.15, 0.2) is 0 Å². The molecule has 7 nitrogen and oxygen atoms in total. The van der Waals surface area contributed by atoms with Gasteiger partial charge in [0.05, 0.1) is 17.4 Å². The minimum atomic E-state index is -3.51. The molecule has 1 fully saturated rings. The van der Waals surface area contributed by atoms with Crippen LogP contribution in [-0.4, -0.2) is 49.1 Å². The van der Waals surface area contributed by atoms with E-state index in [4.69, 9.17) is 0 Å². The van der Waals surface area contributed by atoms with Crippen LogP contribution in [0.2, 0.25) is 0 Å². The van der Waals surface area contributed by atoms with Crippen molar-refractivity contribution < 1.29 is 8.42 Å². The number of fused-ring (bicyclic) bond motifs is 1. The van der Waals surface area contributed by atoms with E-state index < -0.39 is 10.2 Å². The Labute approximate surface area is 111 Å². The predicted octanol–water partition coefficient (Wildman–Crippen LogP) is 0.125. The third kappa shape index (κ3) is 2.42. The number of hydrogen-bond acceptors (Lipinski definition) is 4. The SMILES string of the molecule is O=S(=O)(Nc1cccc2cn[nH]c12)N1CCNCC1. The molecule has 1 aliphatic heterocycles. The molecule has 3 rings (SSSR count). The lowest BCUT2D eigenvalue weighted by atomic mass is 10.2. The van der Waals surface area contributed by atoms with Crippen LogP contribution in [0.15, 0.2) is 24.4 Å². The number of nitrogens with zero attached hydrogens (tertiary/aromatic N) is 2. The van der Waals surface area contributed by atoms with Crippen LogP contribution in [0.4, 0.5) is 5.69 Å². The van der Waals surface area contributed by atoms with Crippen molar-refractivity contribution in [2.75, 3.05) is 30.9 Å². The maximum Gasteiger partial charge on any atom is 0.301 e. The van der Waals surface area contributed by atoms with Gasteiger partial charge in [-0.2, -0.15) is 17.8 Å². The lowest BCUT2D eigenvalue weighted by Crippen LogP contribution is -2.48. The first-order chi connectivity index (χ1) is 9.17. The Kier molecular flexibility index (Phi) is 3.13. The fourth-order valence-corrected chi connectivity index (χ4v) is 3.38. The summed E-state index contributed by atoms with van der Waals surface area (Å²) in [6, 6.07) is 5.40. The summed E-state index contributed by atoms with van der Waals surface area (Å²) in [5.41, 5.74) is 1.22. The van der Waals surface area contributed by atoms with Gasteiger partial charge in [-0.1, -0.05) is 12.1 Å². The Hall–Kier alpha value is -1.64. The Morgan fingerprint density at radius 1 is 1.26 bits per heavy atom. The number of aromatic nitrogens is 2. The summed E-state index contributed by atoms with van der Waals surface area (Å²) in [6.07, 6.45) is 1.66. The van der Waals surface area contributed by atoms with Crippen molar-refractivity contribution in [3.05, 3.63) is 24.4 Å². The van der Waals surface area contributed by atoms with E-state index in [1.54, 1.807) is 18.3 Å². The van der Waals surface area contributed by atoms with E-state index in [9.17, 15) is 8.42 Å². The van der Waals surface area contributed by atoms with E-state index in [-0.39, 0.29) is 0 Å². The fourth-order valence-electron chi connectivity index (χ4n) is 2.14. The predicted molar refractivity (Wildman–Crippen MR) is 73.1 cm³/mol. The van der Waals surface area contributed by atoms with Gasteiger partial charge in [-0.25, -0.2) is 0 Å². The molecule has 8 heteroatoms. The number of benzene rings is 1. The number of nitrogens with one attached hydrogen (secondary N) is 3. The first kappa shape index (κ1) is 12.4. The number of para-hydroxylation sites is 1. The summed E-state index contributed by atoms with van der Waals surface area (Å²) < 4.78 is 28.6. The van der Waals surface area contributed by atoms with Crippen LogP contribution in [0.1, 0.15) is 0 Å². The van der Waals surface area contributed by atoms with E-state index in [0.717, 1.165) is 5.39 Å². The molecule has 0 saturated carbocycles. The van der Waals surface area contributed by atoms with E-state index in [2.05, 4.69) is 20.2 Å². The smallest absolute Gasteiger partial charge is 0.301 e. The number of H-pyrrole nitrogens is 1. The molecule has 102 valence electrons. The van der Waals surface area contributed by atoms with Gasteiger partial charge in [-0.3, -0.25) is 9.82 Å².